The van der Waals surface area contributed by atoms with E-state index < -0.39 is 75.8 Å². The number of anilines is 2. The molecule has 2 aromatic rings. The SMILES string of the molecule is Cc1cc(F)c(NC2CCC(=O)N(CC(C)(C)c3ccc(F)c(NC4CCC(=O)NC4=O)c3F)C2=O)c(F)c1. The van der Waals surface area contributed by atoms with Gasteiger partial charge in [-0.05, 0) is 49.1 Å². The summed E-state index contributed by atoms with van der Waals surface area (Å²) in [6.07, 6.45) is -0.0395. The zero-order valence-corrected chi connectivity index (χ0v) is 21.6. The van der Waals surface area contributed by atoms with Gasteiger partial charge in [-0.3, -0.25) is 29.4 Å². The lowest BCUT2D eigenvalue weighted by Crippen LogP contribution is -2.54. The lowest BCUT2D eigenvalue weighted by atomic mass is 9.82. The number of hydrogen-bond donors (Lipinski definition) is 3. The first-order chi connectivity index (χ1) is 18.3. The minimum Gasteiger partial charge on any atom is -0.369 e. The van der Waals surface area contributed by atoms with Crippen molar-refractivity contribution in [1.82, 2.24) is 10.2 Å². The van der Waals surface area contributed by atoms with Crippen LogP contribution in [0.4, 0.5) is 28.9 Å². The van der Waals surface area contributed by atoms with Gasteiger partial charge in [-0.25, -0.2) is 17.6 Å². The zero-order chi connectivity index (χ0) is 28.6. The van der Waals surface area contributed by atoms with Crippen LogP contribution in [0, 0.1) is 30.2 Å². The van der Waals surface area contributed by atoms with Crippen LogP contribution in [-0.2, 0) is 24.6 Å². The quantitative estimate of drug-likeness (QED) is 0.360. The van der Waals surface area contributed by atoms with Gasteiger partial charge in [0.05, 0.1) is 0 Å². The van der Waals surface area contributed by atoms with E-state index in [1.54, 1.807) is 13.8 Å². The van der Waals surface area contributed by atoms with E-state index in [4.69, 9.17) is 0 Å². The fraction of sp³-hybridized carbons (Fsp3) is 0.407. The minimum absolute atomic E-state index is 0.00258. The van der Waals surface area contributed by atoms with Gasteiger partial charge in [0, 0.05) is 24.8 Å². The third-order valence-electron chi connectivity index (χ3n) is 6.95. The molecule has 0 saturated carbocycles. The van der Waals surface area contributed by atoms with Crippen LogP contribution in [0.2, 0.25) is 0 Å². The Labute approximate surface area is 222 Å². The van der Waals surface area contributed by atoms with Gasteiger partial charge in [-0.1, -0.05) is 19.9 Å². The summed E-state index contributed by atoms with van der Waals surface area (Å²) in [5.41, 5.74) is -1.97. The van der Waals surface area contributed by atoms with Gasteiger partial charge in [-0.2, -0.15) is 0 Å². The first-order valence-electron chi connectivity index (χ1n) is 12.4. The number of amides is 4. The molecule has 4 rings (SSSR count). The summed E-state index contributed by atoms with van der Waals surface area (Å²) >= 11 is 0. The molecule has 2 fully saturated rings. The highest BCUT2D eigenvalue weighted by molar-refractivity contribution is 6.02. The summed E-state index contributed by atoms with van der Waals surface area (Å²) < 4.78 is 59.0. The van der Waals surface area contributed by atoms with Gasteiger partial charge < -0.3 is 10.6 Å². The highest BCUT2D eigenvalue weighted by Crippen LogP contribution is 2.34. The average molecular weight is 549 g/mol. The molecule has 39 heavy (non-hydrogen) atoms. The number of hydrogen-bond acceptors (Lipinski definition) is 6. The molecule has 208 valence electrons. The van der Waals surface area contributed by atoms with Crippen LogP contribution >= 0.6 is 0 Å². The third kappa shape index (κ3) is 5.74. The molecule has 2 atom stereocenters. The number of imide groups is 2. The molecule has 0 radical (unpaired) electrons. The van der Waals surface area contributed by atoms with Crippen molar-refractivity contribution in [3.8, 4) is 0 Å². The number of benzene rings is 2. The van der Waals surface area contributed by atoms with Crippen LogP contribution in [0.1, 0.15) is 50.7 Å². The van der Waals surface area contributed by atoms with E-state index in [0.717, 1.165) is 23.1 Å². The predicted molar refractivity (Wildman–Crippen MR) is 134 cm³/mol. The summed E-state index contributed by atoms with van der Waals surface area (Å²) in [7, 11) is 0. The van der Waals surface area contributed by atoms with E-state index in [-0.39, 0.29) is 37.8 Å². The van der Waals surface area contributed by atoms with Crippen LogP contribution in [0.5, 0.6) is 0 Å². The van der Waals surface area contributed by atoms with Crippen molar-refractivity contribution in [2.24, 2.45) is 0 Å². The number of halogens is 4. The molecule has 2 heterocycles. The monoisotopic (exact) mass is 548 g/mol. The number of nitrogens with one attached hydrogen (secondary N) is 3. The Morgan fingerprint density at radius 1 is 0.897 bits per heavy atom. The Balaban J connectivity index is 1.56. The highest BCUT2D eigenvalue weighted by Gasteiger charge is 2.40. The largest absolute Gasteiger partial charge is 0.369 e. The standard InChI is InChI=1S/C27H28F4N4O4/c1-13-10-16(29)23(17(30)11-13)33-19-7-9-21(37)35(26(19)39)12-27(2,3)14-4-5-15(28)24(22(14)31)32-18-6-8-20(36)34-25(18)38/h4-5,10-11,18-19,32-33H,6-9,12H2,1-3H3,(H,34,36,38). The Morgan fingerprint density at radius 3 is 2.15 bits per heavy atom. The van der Waals surface area contributed by atoms with Crippen molar-refractivity contribution in [3.63, 3.8) is 0 Å². The Kier molecular flexibility index (Phi) is 7.67. The normalized spacial score (nSPS) is 20.2. The fourth-order valence-electron chi connectivity index (χ4n) is 4.84. The molecule has 12 heteroatoms. The van der Waals surface area contributed by atoms with Crippen LogP contribution in [0.15, 0.2) is 24.3 Å². The molecule has 2 aromatic carbocycles. The minimum atomic E-state index is -1.23. The van der Waals surface area contributed by atoms with E-state index in [0.29, 0.717) is 5.56 Å². The highest BCUT2D eigenvalue weighted by atomic mass is 19.1. The van der Waals surface area contributed by atoms with Gasteiger partial charge in [0.15, 0.2) is 5.82 Å². The first kappa shape index (κ1) is 28.1. The predicted octanol–water partition coefficient (Wildman–Crippen LogP) is 3.68. The van der Waals surface area contributed by atoms with Crippen molar-refractivity contribution < 1.29 is 36.7 Å². The van der Waals surface area contributed by atoms with E-state index in [1.165, 1.54) is 13.0 Å². The van der Waals surface area contributed by atoms with Gasteiger partial charge in [0.2, 0.25) is 17.7 Å². The molecule has 2 aliphatic rings. The summed E-state index contributed by atoms with van der Waals surface area (Å²) in [4.78, 5) is 50.3. The van der Waals surface area contributed by atoms with Crippen LogP contribution in [-0.4, -0.2) is 47.2 Å². The summed E-state index contributed by atoms with van der Waals surface area (Å²) in [6.45, 7) is 4.32. The Morgan fingerprint density at radius 2 is 1.51 bits per heavy atom. The van der Waals surface area contributed by atoms with Gasteiger partial charge in [0.25, 0.3) is 5.91 Å². The third-order valence-corrected chi connectivity index (χ3v) is 6.95. The van der Waals surface area contributed by atoms with Gasteiger partial charge >= 0.3 is 0 Å². The van der Waals surface area contributed by atoms with Crippen LogP contribution in [0.25, 0.3) is 0 Å². The maximum absolute atomic E-state index is 15.6. The number of nitrogens with zero attached hydrogens (tertiary/aromatic N) is 1. The maximum Gasteiger partial charge on any atom is 0.251 e. The molecule has 2 unspecified atom stereocenters. The number of rotatable bonds is 7. The van der Waals surface area contributed by atoms with Crippen molar-refractivity contribution in [2.45, 2.75) is 64.0 Å². The number of likely N-dealkylation sites (tertiary alicyclic amines) is 1. The molecular weight excluding hydrogens is 520 g/mol. The average Bonchev–Trinajstić information content (AvgIpc) is 2.84. The van der Waals surface area contributed by atoms with Crippen LogP contribution in [0.3, 0.4) is 0 Å². The molecule has 0 aliphatic carbocycles. The van der Waals surface area contributed by atoms with Gasteiger partial charge in [0.1, 0.15) is 40.9 Å². The van der Waals surface area contributed by atoms with Crippen molar-refractivity contribution in [3.05, 3.63) is 58.7 Å². The Bertz CT molecular complexity index is 1340. The lowest BCUT2D eigenvalue weighted by Gasteiger charge is -2.37. The molecule has 0 bridgehead atoms. The van der Waals surface area contributed by atoms with E-state index in [1.807, 2.05) is 0 Å². The number of aryl methyl sites for hydroxylation is 1. The van der Waals surface area contributed by atoms with Crippen molar-refractivity contribution in [2.75, 3.05) is 17.2 Å². The molecule has 0 aromatic heterocycles. The second-order valence-electron chi connectivity index (χ2n) is 10.5. The smallest absolute Gasteiger partial charge is 0.251 e. The molecule has 2 aliphatic heterocycles. The number of carbonyl (C=O) groups excluding carboxylic acids is 4. The second-order valence-corrected chi connectivity index (χ2v) is 10.5. The number of piperidine rings is 2. The zero-order valence-electron chi connectivity index (χ0n) is 21.6. The van der Waals surface area contributed by atoms with Crippen molar-refractivity contribution in [1.29, 1.82) is 0 Å². The first-order valence-corrected chi connectivity index (χ1v) is 12.4. The molecule has 4 amide bonds. The van der Waals surface area contributed by atoms with E-state index in [9.17, 15) is 32.3 Å². The number of carbonyl (C=O) groups is 4. The second kappa shape index (κ2) is 10.7. The molecule has 0 spiro atoms. The van der Waals surface area contributed by atoms with E-state index >= 15 is 4.39 Å². The lowest BCUT2D eigenvalue weighted by molar-refractivity contribution is -0.149. The van der Waals surface area contributed by atoms with E-state index in [2.05, 4.69) is 16.0 Å². The fourth-order valence-corrected chi connectivity index (χ4v) is 4.84. The summed E-state index contributed by atoms with van der Waals surface area (Å²) in [5, 5.41) is 7.20. The molecular formula is C27H28F4N4O4. The topological polar surface area (TPSA) is 108 Å². The summed E-state index contributed by atoms with van der Waals surface area (Å²) in [5.74, 6) is -6.21. The van der Waals surface area contributed by atoms with Crippen LogP contribution < -0.4 is 16.0 Å². The Hall–Kier alpha value is -3.96. The maximum atomic E-state index is 15.6. The summed E-state index contributed by atoms with van der Waals surface area (Å²) in [6, 6.07) is 2.27. The molecule has 2 saturated heterocycles. The van der Waals surface area contributed by atoms with Crippen molar-refractivity contribution >= 4 is 35.0 Å². The molecule has 8 nitrogen and oxygen atoms in total. The molecule has 3 N–H and O–H groups in total. The van der Waals surface area contributed by atoms with Gasteiger partial charge in [-0.15, -0.1) is 0 Å².